The normalized spacial score (nSPS) is 16.9. The summed E-state index contributed by atoms with van der Waals surface area (Å²) in [4.78, 5) is 14.7. The molecule has 3 nitrogen and oxygen atoms in total. The smallest absolute Gasteiger partial charge is 0.260 e. The van der Waals surface area contributed by atoms with Crippen LogP contribution in [0.2, 0.25) is 0 Å². The second kappa shape index (κ2) is 7.36. The third-order valence-corrected chi connectivity index (χ3v) is 4.55. The SMILES string of the molecule is C=CCc1cc(/C=C2/SCCN(C)C2=O)cc(CC=C)c1O. The molecule has 0 aromatic heterocycles. The van der Waals surface area contributed by atoms with Gasteiger partial charge in [0.2, 0.25) is 0 Å². The van der Waals surface area contributed by atoms with E-state index in [9.17, 15) is 9.90 Å². The van der Waals surface area contributed by atoms with Crippen LogP contribution in [0.15, 0.2) is 42.3 Å². The molecular formula is C18H21NO2S. The number of carbonyl (C=O) groups excluding carboxylic acids is 1. The lowest BCUT2D eigenvalue weighted by Gasteiger charge is -2.23. The summed E-state index contributed by atoms with van der Waals surface area (Å²) >= 11 is 1.58. The summed E-state index contributed by atoms with van der Waals surface area (Å²) in [6.07, 6.45) is 6.61. The molecule has 1 aromatic rings. The minimum atomic E-state index is 0.0554. The van der Waals surface area contributed by atoms with Gasteiger partial charge in [-0.1, -0.05) is 12.2 Å². The molecule has 22 heavy (non-hydrogen) atoms. The average molecular weight is 315 g/mol. The summed E-state index contributed by atoms with van der Waals surface area (Å²) < 4.78 is 0. The molecule has 0 spiro atoms. The zero-order chi connectivity index (χ0) is 16.1. The Morgan fingerprint density at radius 1 is 1.27 bits per heavy atom. The van der Waals surface area contributed by atoms with Crippen LogP contribution in [0.3, 0.4) is 0 Å². The van der Waals surface area contributed by atoms with E-state index in [-0.39, 0.29) is 5.91 Å². The number of nitrogens with zero attached hydrogens (tertiary/aromatic N) is 1. The zero-order valence-electron chi connectivity index (χ0n) is 12.8. The Morgan fingerprint density at radius 3 is 2.41 bits per heavy atom. The molecule has 4 heteroatoms. The summed E-state index contributed by atoms with van der Waals surface area (Å²) in [5, 5.41) is 10.3. The Morgan fingerprint density at radius 2 is 1.86 bits per heavy atom. The van der Waals surface area contributed by atoms with Gasteiger partial charge in [-0.2, -0.15) is 0 Å². The summed E-state index contributed by atoms with van der Waals surface area (Å²) in [6.45, 7) is 8.23. The van der Waals surface area contributed by atoms with Crippen LogP contribution in [0.1, 0.15) is 16.7 Å². The number of rotatable bonds is 5. The molecule has 0 unspecified atom stereocenters. The van der Waals surface area contributed by atoms with Gasteiger partial charge in [0.25, 0.3) is 5.91 Å². The van der Waals surface area contributed by atoms with Crippen molar-refractivity contribution in [3.63, 3.8) is 0 Å². The van der Waals surface area contributed by atoms with Gasteiger partial charge in [0.05, 0.1) is 4.91 Å². The van der Waals surface area contributed by atoms with Crippen molar-refractivity contribution in [1.82, 2.24) is 4.90 Å². The van der Waals surface area contributed by atoms with Gasteiger partial charge in [0.15, 0.2) is 0 Å². The van der Waals surface area contributed by atoms with E-state index in [1.54, 1.807) is 28.8 Å². The molecule has 0 bridgehead atoms. The van der Waals surface area contributed by atoms with Crippen LogP contribution in [0.25, 0.3) is 6.08 Å². The fourth-order valence-electron chi connectivity index (χ4n) is 2.39. The summed E-state index contributed by atoms with van der Waals surface area (Å²) in [7, 11) is 1.82. The maximum Gasteiger partial charge on any atom is 0.260 e. The van der Waals surface area contributed by atoms with Crippen molar-refractivity contribution >= 4 is 23.7 Å². The zero-order valence-corrected chi connectivity index (χ0v) is 13.7. The minimum absolute atomic E-state index is 0.0554. The van der Waals surface area contributed by atoms with Crippen molar-refractivity contribution in [3.05, 3.63) is 59.0 Å². The number of allylic oxidation sites excluding steroid dienone is 2. The van der Waals surface area contributed by atoms with Crippen molar-refractivity contribution in [2.75, 3.05) is 19.3 Å². The van der Waals surface area contributed by atoms with Gasteiger partial charge in [0, 0.05) is 19.3 Å². The largest absolute Gasteiger partial charge is 0.507 e. The summed E-state index contributed by atoms with van der Waals surface area (Å²) in [5.41, 5.74) is 2.57. The van der Waals surface area contributed by atoms with Gasteiger partial charge < -0.3 is 10.0 Å². The van der Waals surface area contributed by atoms with Crippen LogP contribution in [-0.4, -0.2) is 35.3 Å². The number of amides is 1. The lowest BCUT2D eigenvalue weighted by molar-refractivity contribution is -0.125. The Labute approximate surface area is 136 Å². The van der Waals surface area contributed by atoms with E-state index in [2.05, 4.69) is 13.2 Å². The molecule has 1 saturated heterocycles. The third-order valence-electron chi connectivity index (χ3n) is 3.56. The van der Waals surface area contributed by atoms with Crippen LogP contribution < -0.4 is 0 Å². The highest BCUT2D eigenvalue weighted by Crippen LogP contribution is 2.30. The van der Waals surface area contributed by atoms with Gasteiger partial charge in [-0.25, -0.2) is 0 Å². The number of aromatic hydroxyl groups is 1. The predicted molar refractivity (Wildman–Crippen MR) is 94.0 cm³/mol. The Balaban J connectivity index is 2.43. The number of phenols is 1. The van der Waals surface area contributed by atoms with Crippen molar-refractivity contribution in [3.8, 4) is 5.75 Å². The Kier molecular flexibility index (Phi) is 5.50. The number of hydrogen-bond acceptors (Lipinski definition) is 3. The molecule has 0 atom stereocenters. The van der Waals surface area contributed by atoms with E-state index in [0.717, 1.165) is 33.9 Å². The van der Waals surface area contributed by atoms with Crippen LogP contribution in [0.4, 0.5) is 0 Å². The monoisotopic (exact) mass is 315 g/mol. The van der Waals surface area contributed by atoms with Crippen LogP contribution in [0, 0.1) is 0 Å². The fraction of sp³-hybridized carbons (Fsp3) is 0.278. The van der Waals surface area contributed by atoms with E-state index in [1.807, 2.05) is 25.3 Å². The van der Waals surface area contributed by atoms with Crippen molar-refractivity contribution in [2.45, 2.75) is 12.8 Å². The van der Waals surface area contributed by atoms with E-state index in [4.69, 9.17) is 0 Å². The molecule has 1 aromatic carbocycles. The maximum absolute atomic E-state index is 12.2. The lowest BCUT2D eigenvalue weighted by Crippen LogP contribution is -2.33. The number of likely N-dealkylation sites (N-methyl/N-ethyl adjacent to an activating group) is 1. The molecule has 1 amide bonds. The van der Waals surface area contributed by atoms with E-state index in [0.29, 0.717) is 18.6 Å². The highest BCUT2D eigenvalue weighted by atomic mass is 32.2. The first-order chi connectivity index (χ1) is 10.6. The van der Waals surface area contributed by atoms with Gasteiger partial charge in [-0.3, -0.25) is 4.79 Å². The molecule has 2 rings (SSSR count). The molecule has 116 valence electrons. The lowest BCUT2D eigenvalue weighted by atomic mass is 9.99. The van der Waals surface area contributed by atoms with Crippen molar-refractivity contribution in [2.24, 2.45) is 0 Å². The quantitative estimate of drug-likeness (QED) is 0.669. The second-order valence-electron chi connectivity index (χ2n) is 5.26. The van der Waals surface area contributed by atoms with Gasteiger partial charge in [-0.15, -0.1) is 24.9 Å². The van der Waals surface area contributed by atoms with Crippen LogP contribution in [0.5, 0.6) is 5.75 Å². The predicted octanol–water partition coefficient (Wildman–Crippen LogP) is 3.40. The first-order valence-corrected chi connectivity index (χ1v) is 8.22. The molecule has 1 N–H and O–H groups in total. The molecule has 0 aliphatic carbocycles. The first kappa shape index (κ1) is 16.4. The topological polar surface area (TPSA) is 40.5 Å². The summed E-state index contributed by atoms with van der Waals surface area (Å²) in [6, 6.07) is 3.83. The van der Waals surface area contributed by atoms with E-state index >= 15 is 0 Å². The Bertz CT molecular complexity index is 603. The van der Waals surface area contributed by atoms with Gasteiger partial charge in [-0.05, 0) is 47.7 Å². The fourth-order valence-corrected chi connectivity index (χ4v) is 3.48. The number of hydrogen-bond donors (Lipinski definition) is 1. The Hall–Kier alpha value is -1.94. The highest BCUT2D eigenvalue weighted by Gasteiger charge is 2.20. The summed E-state index contributed by atoms with van der Waals surface area (Å²) in [5.74, 6) is 1.26. The molecule has 1 fully saturated rings. The average Bonchev–Trinajstić information content (AvgIpc) is 2.49. The third kappa shape index (κ3) is 3.63. The minimum Gasteiger partial charge on any atom is -0.507 e. The van der Waals surface area contributed by atoms with Crippen LogP contribution in [-0.2, 0) is 17.6 Å². The first-order valence-electron chi connectivity index (χ1n) is 7.23. The maximum atomic E-state index is 12.2. The molecule has 0 saturated carbocycles. The molecule has 1 aliphatic heterocycles. The van der Waals surface area contributed by atoms with Crippen LogP contribution >= 0.6 is 11.8 Å². The standard InChI is InChI=1S/C18H21NO2S/c1-4-6-14-10-13(11-15(7-5-2)17(14)20)12-16-18(21)19(3)8-9-22-16/h4-5,10-12,20H,1-2,6-9H2,3H3/b16-12+. The molecule has 1 heterocycles. The number of phenolic OH excluding ortho intramolecular Hbond substituents is 1. The van der Waals surface area contributed by atoms with Gasteiger partial charge >= 0.3 is 0 Å². The number of thioether (sulfide) groups is 1. The van der Waals surface area contributed by atoms with E-state index < -0.39 is 0 Å². The number of benzene rings is 1. The molecule has 0 radical (unpaired) electrons. The molecule has 1 aliphatic rings. The van der Waals surface area contributed by atoms with Crippen molar-refractivity contribution < 1.29 is 9.90 Å². The second-order valence-corrected chi connectivity index (χ2v) is 6.39. The van der Waals surface area contributed by atoms with Gasteiger partial charge in [0.1, 0.15) is 5.75 Å². The van der Waals surface area contributed by atoms with E-state index in [1.165, 1.54) is 0 Å². The molecular weight excluding hydrogens is 294 g/mol. The number of carbonyl (C=O) groups is 1. The highest BCUT2D eigenvalue weighted by molar-refractivity contribution is 8.04. The van der Waals surface area contributed by atoms with Crippen molar-refractivity contribution in [1.29, 1.82) is 0 Å².